The van der Waals surface area contributed by atoms with E-state index in [0.717, 1.165) is 10.8 Å². The lowest BCUT2D eigenvalue weighted by Crippen LogP contribution is -2.50. The maximum atomic E-state index is 9.13. The van der Waals surface area contributed by atoms with E-state index < -0.39 is 0 Å². The van der Waals surface area contributed by atoms with Crippen molar-refractivity contribution < 1.29 is 9.59 Å². The van der Waals surface area contributed by atoms with Gasteiger partial charge < -0.3 is 9.59 Å². The van der Waals surface area contributed by atoms with Crippen molar-refractivity contribution in [3.05, 3.63) is 42.5 Å². The highest BCUT2D eigenvalue weighted by molar-refractivity contribution is 5.83. The van der Waals surface area contributed by atoms with E-state index in [2.05, 4.69) is 27.7 Å². The zero-order valence-electron chi connectivity index (χ0n) is 16.1. The van der Waals surface area contributed by atoms with Gasteiger partial charge in [-0.2, -0.15) is 0 Å². The Bertz CT molecular complexity index is 549. The summed E-state index contributed by atoms with van der Waals surface area (Å²) in [5.41, 5.74) is 0. The third-order valence-electron chi connectivity index (χ3n) is 4.52. The van der Waals surface area contributed by atoms with Crippen molar-refractivity contribution in [2.75, 3.05) is 26.2 Å². The summed E-state index contributed by atoms with van der Waals surface area (Å²) in [4.78, 5) is 0. The van der Waals surface area contributed by atoms with Crippen molar-refractivity contribution in [1.82, 2.24) is 0 Å². The Morgan fingerprint density at radius 1 is 0.667 bits per heavy atom. The van der Waals surface area contributed by atoms with Gasteiger partial charge in [-0.25, -0.2) is 0 Å². The van der Waals surface area contributed by atoms with Gasteiger partial charge in [0.2, 0.25) is 0 Å². The Morgan fingerprint density at radius 2 is 1.12 bits per heavy atom. The summed E-state index contributed by atoms with van der Waals surface area (Å²) in [5, 5.41) is 11.4. The average Bonchev–Trinajstić information content (AvgIpc) is 2.56. The minimum atomic E-state index is 0.323. The summed E-state index contributed by atoms with van der Waals surface area (Å²) in [6, 6.07) is 13.3. The molecular weight excluding hydrogens is 294 g/mol. The summed E-state index contributed by atoms with van der Waals surface area (Å²) in [5.74, 6) is 0.323. The smallest absolute Gasteiger partial charge is 0.116 e. The van der Waals surface area contributed by atoms with Crippen LogP contribution >= 0.6 is 0 Å². The van der Waals surface area contributed by atoms with Crippen molar-refractivity contribution >= 4 is 10.8 Å². The van der Waals surface area contributed by atoms with Crippen LogP contribution in [0.5, 0.6) is 5.75 Å². The number of hydrogen-bond donors (Lipinski definition) is 1. The monoisotopic (exact) mass is 330 g/mol. The number of aromatic hydroxyl groups is 1. The molecule has 1 N–H and O–H groups in total. The van der Waals surface area contributed by atoms with Crippen molar-refractivity contribution in [2.45, 2.75) is 53.4 Å². The van der Waals surface area contributed by atoms with Gasteiger partial charge >= 0.3 is 0 Å². The van der Waals surface area contributed by atoms with Gasteiger partial charge in [-0.05, 0) is 48.6 Å². The highest BCUT2D eigenvalue weighted by Gasteiger charge is 2.22. The molecule has 0 radical (unpaired) electrons. The lowest BCUT2D eigenvalue weighted by atomic mass is 10.1. The van der Waals surface area contributed by atoms with Crippen LogP contribution in [0.4, 0.5) is 0 Å². The first kappa shape index (κ1) is 20.5. The number of hydrogen-bond acceptors (Lipinski definition) is 1. The second-order valence-electron chi connectivity index (χ2n) is 6.77. The number of nitrogens with zero attached hydrogens (tertiary/aromatic N) is 1. The second kappa shape index (κ2) is 11.1. The van der Waals surface area contributed by atoms with Crippen LogP contribution in [0.2, 0.25) is 0 Å². The zero-order chi connectivity index (χ0) is 17.8. The molecule has 0 aliphatic carbocycles. The Kier molecular flexibility index (Phi) is 9.48. The van der Waals surface area contributed by atoms with E-state index in [9.17, 15) is 0 Å². The lowest BCUT2D eigenvalue weighted by molar-refractivity contribution is -0.928. The first-order chi connectivity index (χ1) is 11.6. The van der Waals surface area contributed by atoms with Gasteiger partial charge in [0.15, 0.2) is 0 Å². The number of phenols is 1. The summed E-state index contributed by atoms with van der Waals surface area (Å²) < 4.78 is 1.38. The molecule has 0 saturated carbocycles. The van der Waals surface area contributed by atoms with E-state index in [-0.39, 0.29) is 0 Å². The summed E-state index contributed by atoms with van der Waals surface area (Å²) in [7, 11) is 0. The minimum Gasteiger partial charge on any atom is -0.508 e. The van der Waals surface area contributed by atoms with Crippen LogP contribution in [-0.4, -0.2) is 35.8 Å². The first-order valence-electron chi connectivity index (χ1n) is 9.63. The van der Waals surface area contributed by atoms with Crippen LogP contribution in [-0.2, 0) is 0 Å². The van der Waals surface area contributed by atoms with Crippen LogP contribution < -0.4 is 0 Å². The van der Waals surface area contributed by atoms with Gasteiger partial charge in [-0.3, -0.25) is 0 Å². The van der Waals surface area contributed by atoms with Crippen LogP contribution in [0.3, 0.4) is 0 Å². The van der Waals surface area contributed by atoms with E-state index >= 15 is 0 Å². The van der Waals surface area contributed by atoms with Gasteiger partial charge in [0.25, 0.3) is 0 Å². The molecule has 0 aromatic heterocycles. The SMILES string of the molecule is CCC[N+](CCC)(CCC)CCC.Oc1ccc2ccccc2c1. The molecule has 2 heteroatoms. The predicted molar refractivity (Wildman–Crippen MR) is 107 cm³/mol. The van der Waals surface area contributed by atoms with Crippen LogP contribution in [0.15, 0.2) is 42.5 Å². The number of quaternary nitrogens is 1. The molecule has 2 aromatic carbocycles. The normalized spacial score (nSPS) is 11.2. The number of rotatable bonds is 8. The molecule has 2 nitrogen and oxygen atoms in total. The fourth-order valence-corrected chi connectivity index (χ4v) is 3.74. The van der Waals surface area contributed by atoms with Crippen molar-refractivity contribution in [3.8, 4) is 5.75 Å². The summed E-state index contributed by atoms with van der Waals surface area (Å²) in [6.45, 7) is 14.8. The average molecular weight is 331 g/mol. The van der Waals surface area contributed by atoms with Gasteiger partial charge in [-0.1, -0.05) is 58.0 Å². The van der Waals surface area contributed by atoms with Crippen molar-refractivity contribution in [3.63, 3.8) is 0 Å². The van der Waals surface area contributed by atoms with Crippen molar-refractivity contribution in [2.24, 2.45) is 0 Å². The molecule has 0 atom stereocenters. The standard InChI is InChI=1S/C12H28N.C10H8O/c1-5-9-13(10-6-2,11-7-3)12-8-4;11-10-6-5-8-3-1-2-4-9(8)7-10/h5-12H2,1-4H3;1-7,11H/q+1;. The van der Waals surface area contributed by atoms with E-state index in [1.54, 1.807) is 12.1 Å². The first-order valence-corrected chi connectivity index (χ1v) is 9.63. The maximum Gasteiger partial charge on any atom is 0.116 e. The topological polar surface area (TPSA) is 20.2 Å². The molecule has 0 amide bonds. The second-order valence-corrected chi connectivity index (χ2v) is 6.77. The van der Waals surface area contributed by atoms with E-state index in [1.807, 2.05) is 30.3 Å². The van der Waals surface area contributed by atoms with E-state index in [1.165, 1.54) is 56.3 Å². The Labute approximate surface area is 148 Å². The molecule has 24 heavy (non-hydrogen) atoms. The van der Waals surface area contributed by atoms with Crippen molar-refractivity contribution in [1.29, 1.82) is 0 Å². The molecule has 0 heterocycles. The molecule has 0 fully saturated rings. The lowest BCUT2D eigenvalue weighted by Gasteiger charge is -2.38. The fraction of sp³-hybridized carbons (Fsp3) is 0.545. The van der Waals surface area contributed by atoms with Crippen LogP contribution in [0.1, 0.15) is 53.4 Å². The Hall–Kier alpha value is -1.54. The highest BCUT2D eigenvalue weighted by Crippen LogP contribution is 2.18. The van der Waals surface area contributed by atoms with E-state index in [4.69, 9.17) is 5.11 Å². The molecule has 0 spiro atoms. The quantitative estimate of drug-likeness (QED) is 0.589. The predicted octanol–water partition coefficient (Wildman–Crippen LogP) is 5.99. The van der Waals surface area contributed by atoms with Crippen LogP contribution in [0.25, 0.3) is 10.8 Å². The molecule has 2 aromatic rings. The maximum absolute atomic E-state index is 9.13. The van der Waals surface area contributed by atoms with Crippen LogP contribution in [0, 0.1) is 0 Å². The van der Waals surface area contributed by atoms with Gasteiger partial charge in [0, 0.05) is 0 Å². The number of benzene rings is 2. The number of phenolic OH excluding ortho intramolecular Hbond substituents is 1. The summed E-state index contributed by atoms with van der Waals surface area (Å²) in [6.07, 6.45) is 5.33. The molecule has 0 saturated heterocycles. The van der Waals surface area contributed by atoms with E-state index in [0.29, 0.717) is 5.75 Å². The van der Waals surface area contributed by atoms with Gasteiger partial charge in [0.1, 0.15) is 5.75 Å². The fourth-order valence-electron chi connectivity index (χ4n) is 3.74. The third kappa shape index (κ3) is 6.52. The molecule has 0 aliphatic heterocycles. The summed E-state index contributed by atoms with van der Waals surface area (Å²) >= 11 is 0. The van der Waals surface area contributed by atoms with Gasteiger partial charge in [-0.15, -0.1) is 0 Å². The molecular formula is C22H36NO+. The molecule has 0 bridgehead atoms. The molecule has 0 unspecified atom stereocenters. The zero-order valence-corrected chi connectivity index (χ0v) is 16.1. The molecule has 134 valence electrons. The highest BCUT2D eigenvalue weighted by atomic mass is 16.3. The molecule has 2 rings (SSSR count). The minimum absolute atomic E-state index is 0.323. The largest absolute Gasteiger partial charge is 0.508 e. The Morgan fingerprint density at radius 3 is 1.58 bits per heavy atom. The Balaban J connectivity index is 0.000000242. The number of fused-ring (bicyclic) bond motifs is 1. The molecule has 0 aliphatic rings. The van der Waals surface area contributed by atoms with Gasteiger partial charge in [0.05, 0.1) is 26.2 Å². The third-order valence-corrected chi connectivity index (χ3v) is 4.52.